The summed E-state index contributed by atoms with van der Waals surface area (Å²) in [6, 6.07) is 8.95. The second kappa shape index (κ2) is 5.38. The molecule has 1 aromatic carbocycles. The third kappa shape index (κ3) is 2.13. The number of fused-ring (bicyclic) bond motifs is 2. The van der Waals surface area contributed by atoms with Crippen molar-refractivity contribution in [1.82, 2.24) is 4.90 Å². The molecule has 20 heavy (non-hydrogen) atoms. The number of nitrogens with zero attached hydrogens (tertiary/aromatic N) is 2. The fourth-order valence-corrected chi connectivity index (χ4v) is 4.24. The Kier molecular flexibility index (Phi) is 3.74. The summed E-state index contributed by atoms with van der Waals surface area (Å²) in [5.41, 5.74) is 9.13. The maximum atomic E-state index is 6.31. The van der Waals surface area contributed by atoms with Gasteiger partial charge in [0.15, 0.2) is 0 Å². The van der Waals surface area contributed by atoms with E-state index in [-0.39, 0.29) is 5.54 Å². The van der Waals surface area contributed by atoms with Crippen molar-refractivity contribution >= 4 is 5.69 Å². The molecule has 3 atom stereocenters. The fourth-order valence-electron chi connectivity index (χ4n) is 4.24. The van der Waals surface area contributed by atoms with Gasteiger partial charge in [0.25, 0.3) is 0 Å². The molecule has 1 aromatic rings. The van der Waals surface area contributed by atoms with Crippen LogP contribution in [-0.2, 0) is 0 Å². The monoisotopic (exact) mass is 273 g/mol. The van der Waals surface area contributed by atoms with Crippen molar-refractivity contribution in [1.29, 1.82) is 0 Å². The van der Waals surface area contributed by atoms with Gasteiger partial charge in [-0.15, -0.1) is 0 Å². The van der Waals surface area contributed by atoms with E-state index in [1.807, 2.05) is 0 Å². The van der Waals surface area contributed by atoms with Crippen molar-refractivity contribution in [3.05, 3.63) is 29.8 Å². The van der Waals surface area contributed by atoms with Gasteiger partial charge in [-0.2, -0.15) is 0 Å². The van der Waals surface area contributed by atoms with Crippen molar-refractivity contribution in [2.24, 2.45) is 11.7 Å². The zero-order valence-electron chi connectivity index (χ0n) is 12.8. The Hall–Kier alpha value is -1.06. The first-order chi connectivity index (χ1) is 9.69. The van der Waals surface area contributed by atoms with Crippen LogP contribution in [0.25, 0.3) is 0 Å². The number of benzene rings is 1. The summed E-state index contributed by atoms with van der Waals surface area (Å²) < 4.78 is 0. The minimum atomic E-state index is 0.164. The molecule has 0 saturated carbocycles. The van der Waals surface area contributed by atoms with E-state index < -0.39 is 0 Å². The highest BCUT2D eigenvalue weighted by Crippen LogP contribution is 2.41. The van der Waals surface area contributed by atoms with E-state index in [2.05, 4.69) is 47.9 Å². The third-order valence-electron chi connectivity index (χ3n) is 5.45. The number of likely N-dealkylation sites (N-methyl/N-ethyl adjacent to an activating group) is 1. The molecule has 3 heteroatoms. The first kappa shape index (κ1) is 13.9. The van der Waals surface area contributed by atoms with Gasteiger partial charge in [0, 0.05) is 31.9 Å². The van der Waals surface area contributed by atoms with Crippen molar-refractivity contribution in [2.45, 2.75) is 32.2 Å². The van der Waals surface area contributed by atoms with Crippen molar-refractivity contribution in [2.75, 3.05) is 37.6 Å². The van der Waals surface area contributed by atoms with Gasteiger partial charge < -0.3 is 15.5 Å². The van der Waals surface area contributed by atoms with E-state index >= 15 is 0 Å². The van der Waals surface area contributed by atoms with Crippen LogP contribution in [0.4, 0.5) is 5.69 Å². The van der Waals surface area contributed by atoms with Crippen LogP contribution in [0.5, 0.6) is 0 Å². The Balaban J connectivity index is 1.95. The van der Waals surface area contributed by atoms with Gasteiger partial charge in [0.05, 0.1) is 5.54 Å². The van der Waals surface area contributed by atoms with Gasteiger partial charge in [-0.1, -0.05) is 17.7 Å². The standard InChI is InChI=1S/C17H27N3/c1-3-20(16-6-4-14(2)5-7-16)17(13-18)9-11-19-10-8-15(17)12-19/h4-7,15H,3,8-13,18H2,1-2H3. The van der Waals surface area contributed by atoms with Gasteiger partial charge in [-0.25, -0.2) is 0 Å². The number of aryl methyl sites for hydroxylation is 1. The Morgan fingerprint density at radius 1 is 1.30 bits per heavy atom. The minimum Gasteiger partial charge on any atom is -0.364 e. The van der Waals surface area contributed by atoms with Gasteiger partial charge in [-0.05, 0) is 51.3 Å². The third-order valence-corrected chi connectivity index (χ3v) is 5.45. The lowest BCUT2D eigenvalue weighted by Crippen LogP contribution is -2.62. The molecule has 3 unspecified atom stereocenters. The van der Waals surface area contributed by atoms with Crippen LogP contribution in [0.2, 0.25) is 0 Å². The number of hydrogen-bond donors (Lipinski definition) is 1. The molecular formula is C17H27N3. The van der Waals surface area contributed by atoms with E-state index in [9.17, 15) is 0 Å². The fraction of sp³-hybridized carbons (Fsp3) is 0.647. The second-order valence-electron chi connectivity index (χ2n) is 6.42. The summed E-state index contributed by atoms with van der Waals surface area (Å²) in [5.74, 6) is 0.725. The molecular weight excluding hydrogens is 246 g/mol. The number of hydrogen-bond acceptors (Lipinski definition) is 3. The maximum Gasteiger partial charge on any atom is 0.0576 e. The average molecular weight is 273 g/mol. The van der Waals surface area contributed by atoms with Gasteiger partial charge in [-0.3, -0.25) is 0 Å². The van der Waals surface area contributed by atoms with Crippen LogP contribution < -0.4 is 10.6 Å². The van der Waals surface area contributed by atoms with E-state index in [0.29, 0.717) is 0 Å². The van der Waals surface area contributed by atoms with Crippen LogP contribution in [0.15, 0.2) is 24.3 Å². The van der Waals surface area contributed by atoms with E-state index in [1.165, 1.54) is 43.7 Å². The molecule has 0 aliphatic carbocycles. The summed E-state index contributed by atoms with van der Waals surface area (Å²) in [6.45, 7) is 9.92. The number of piperidine rings is 1. The molecule has 2 saturated heterocycles. The molecule has 0 spiro atoms. The lowest BCUT2D eigenvalue weighted by Gasteiger charge is -2.51. The van der Waals surface area contributed by atoms with Crippen LogP contribution in [0, 0.1) is 12.8 Å². The highest BCUT2D eigenvalue weighted by molar-refractivity contribution is 5.51. The number of nitrogens with two attached hydrogens (primary N) is 1. The molecule has 3 nitrogen and oxygen atoms in total. The van der Waals surface area contributed by atoms with E-state index in [4.69, 9.17) is 5.73 Å². The number of rotatable bonds is 4. The molecule has 3 rings (SSSR count). The zero-order chi connectivity index (χ0) is 14.2. The lowest BCUT2D eigenvalue weighted by atomic mass is 9.77. The first-order valence-electron chi connectivity index (χ1n) is 7.96. The topological polar surface area (TPSA) is 32.5 Å². The van der Waals surface area contributed by atoms with Crippen LogP contribution in [0.1, 0.15) is 25.3 Å². The Bertz CT molecular complexity index is 456. The molecule has 110 valence electrons. The summed E-state index contributed by atoms with van der Waals surface area (Å²) in [6.07, 6.45) is 2.51. The molecule has 2 N–H and O–H groups in total. The Labute approximate surface area is 122 Å². The molecule has 2 aliphatic heterocycles. The molecule has 2 aliphatic rings. The predicted molar refractivity (Wildman–Crippen MR) is 85.1 cm³/mol. The molecule has 0 radical (unpaired) electrons. The highest BCUT2D eigenvalue weighted by Gasteiger charge is 2.48. The minimum absolute atomic E-state index is 0.164. The SMILES string of the molecule is CCN(c1ccc(C)cc1)C1(CN)CCN2CCC1C2. The summed E-state index contributed by atoms with van der Waals surface area (Å²) in [4.78, 5) is 5.18. The van der Waals surface area contributed by atoms with Gasteiger partial charge in [0.2, 0.25) is 0 Å². The van der Waals surface area contributed by atoms with Crippen molar-refractivity contribution in [3.8, 4) is 0 Å². The molecule has 2 heterocycles. The normalized spacial score (nSPS) is 32.4. The van der Waals surface area contributed by atoms with Gasteiger partial charge in [0.1, 0.15) is 0 Å². The highest BCUT2D eigenvalue weighted by atomic mass is 15.3. The van der Waals surface area contributed by atoms with Crippen LogP contribution in [0.3, 0.4) is 0 Å². The smallest absolute Gasteiger partial charge is 0.0576 e. The first-order valence-corrected chi connectivity index (χ1v) is 7.96. The second-order valence-corrected chi connectivity index (χ2v) is 6.42. The summed E-state index contributed by atoms with van der Waals surface area (Å²) >= 11 is 0. The van der Waals surface area contributed by atoms with E-state index in [1.54, 1.807) is 0 Å². The largest absolute Gasteiger partial charge is 0.364 e. The average Bonchev–Trinajstić information content (AvgIpc) is 2.88. The van der Waals surface area contributed by atoms with E-state index in [0.717, 1.165) is 19.0 Å². The molecule has 2 fully saturated rings. The number of anilines is 1. The predicted octanol–water partition coefficient (Wildman–Crippen LogP) is 2.24. The summed E-state index contributed by atoms with van der Waals surface area (Å²) in [7, 11) is 0. The van der Waals surface area contributed by atoms with Crippen molar-refractivity contribution in [3.63, 3.8) is 0 Å². The lowest BCUT2D eigenvalue weighted by molar-refractivity contribution is 0.164. The van der Waals surface area contributed by atoms with Gasteiger partial charge >= 0.3 is 0 Å². The Morgan fingerprint density at radius 2 is 2.05 bits per heavy atom. The zero-order valence-corrected chi connectivity index (χ0v) is 12.8. The molecule has 0 aromatic heterocycles. The maximum absolute atomic E-state index is 6.31. The van der Waals surface area contributed by atoms with Crippen LogP contribution in [-0.4, -0.2) is 43.2 Å². The summed E-state index contributed by atoms with van der Waals surface area (Å²) in [5, 5.41) is 0. The quantitative estimate of drug-likeness (QED) is 0.913. The Morgan fingerprint density at radius 3 is 2.70 bits per heavy atom. The van der Waals surface area contributed by atoms with Crippen molar-refractivity contribution < 1.29 is 0 Å². The molecule has 0 amide bonds. The van der Waals surface area contributed by atoms with Crippen LogP contribution >= 0.6 is 0 Å². The molecule has 2 bridgehead atoms.